The topological polar surface area (TPSA) is 63.4 Å². The van der Waals surface area contributed by atoms with E-state index >= 15 is 0 Å². The Balaban J connectivity index is 1.82. The molecule has 0 N–H and O–H groups in total. The van der Waals surface area contributed by atoms with Gasteiger partial charge < -0.3 is 4.42 Å². The molecule has 4 rings (SSSR count). The van der Waals surface area contributed by atoms with Crippen molar-refractivity contribution in [2.45, 2.75) is 20.4 Å². The molecule has 0 spiro atoms. The van der Waals surface area contributed by atoms with Gasteiger partial charge in [-0.2, -0.15) is 0 Å². The predicted octanol–water partition coefficient (Wildman–Crippen LogP) is 4.65. The number of aryl methyl sites for hydroxylation is 2. The lowest BCUT2D eigenvalue weighted by Crippen LogP contribution is -2.31. The number of carbonyl (C=O) groups is 1. The molecular formula is C24H20N2O3. The fourth-order valence-electron chi connectivity index (χ4n) is 3.23. The quantitative estimate of drug-likeness (QED) is 0.514. The lowest BCUT2D eigenvalue weighted by Gasteiger charge is -2.21. The number of aromatic nitrogens is 1. The summed E-state index contributed by atoms with van der Waals surface area (Å²) in [6, 6.07) is 19.9. The van der Waals surface area contributed by atoms with Gasteiger partial charge in [0, 0.05) is 12.3 Å². The van der Waals surface area contributed by atoms with E-state index in [0.717, 1.165) is 16.7 Å². The van der Waals surface area contributed by atoms with E-state index in [9.17, 15) is 9.59 Å². The molecule has 0 saturated heterocycles. The standard InChI is InChI=1S/C24H20N2O3/c1-16-11-12-19-20(27)14-21(29-23(19)17(16)2)24(28)26(22-10-6-7-13-25-22)15-18-8-4-3-5-9-18/h3-14H,15H2,1-2H3. The number of anilines is 1. The highest BCUT2D eigenvalue weighted by Crippen LogP contribution is 2.23. The van der Waals surface area contributed by atoms with E-state index < -0.39 is 5.91 Å². The lowest BCUT2D eigenvalue weighted by atomic mass is 10.1. The first-order chi connectivity index (χ1) is 14.0. The molecular weight excluding hydrogens is 364 g/mol. The van der Waals surface area contributed by atoms with Crippen LogP contribution in [0.5, 0.6) is 0 Å². The number of hydrogen-bond acceptors (Lipinski definition) is 4. The van der Waals surface area contributed by atoms with Crippen LogP contribution < -0.4 is 10.3 Å². The molecule has 2 heterocycles. The summed E-state index contributed by atoms with van der Waals surface area (Å²) in [5, 5.41) is 0.470. The predicted molar refractivity (Wildman–Crippen MR) is 113 cm³/mol. The number of pyridine rings is 1. The van der Waals surface area contributed by atoms with Crippen molar-refractivity contribution in [1.82, 2.24) is 4.98 Å². The van der Waals surface area contributed by atoms with Crippen LogP contribution in [0.15, 0.2) is 82.1 Å². The summed E-state index contributed by atoms with van der Waals surface area (Å²) in [6.07, 6.45) is 1.63. The first-order valence-corrected chi connectivity index (χ1v) is 9.35. The molecule has 4 aromatic rings. The van der Waals surface area contributed by atoms with Gasteiger partial charge in [0.15, 0.2) is 11.2 Å². The molecule has 0 fully saturated rings. The van der Waals surface area contributed by atoms with Crippen molar-refractivity contribution in [3.05, 3.63) is 106 Å². The number of hydrogen-bond donors (Lipinski definition) is 0. The molecule has 0 unspecified atom stereocenters. The molecule has 0 radical (unpaired) electrons. The third kappa shape index (κ3) is 3.67. The molecule has 2 aromatic carbocycles. The molecule has 0 saturated carbocycles. The summed E-state index contributed by atoms with van der Waals surface area (Å²) < 4.78 is 5.94. The number of amides is 1. The zero-order valence-electron chi connectivity index (χ0n) is 16.3. The third-order valence-corrected chi connectivity index (χ3v) is 4.98. The molecule has 5 heteroatoms. The molecule has 0 atom stereocenters. The minimum atomic E-state index is -0.410. The van der Waals surface area contributed by atoms with E-state index in [1.807, 2.05) is 56.3 Å². The highest BCUT2D eigenvalue weighted by atomic mass is 16.3. The summed E-state index contributed by atoms with van der Waals surface area (Å²) in [5.74, 6) is 0.0790. The van der Waals surface area contributed by atoms with Gasteiger partial charge in [-0.15, -0.1) is 0 Å². The smallest absolute Gasteiger partial charge is 0.295 e. The molecule has 2 aromatic heterocycles. The second-order valence-electron chi connectivity index (χ2n) is 6.92. The monoisotopic (exact) mass is 384 g/mol. The van der Waals surface area contributed by atoms with Crippen LogP contribution >= 0.6 is 0 Å². The second-order valence-corrected chi connectivity index (χ2v) is 6.92. The van der Waals surface area contributed by atoms with E-state index in [2.05, 4.69) is 4.98 Å². The summed E-state index contributed by atoms with van der Waals surface area (Å²) in [5.41, 5.74) is 3.00. The van der Waals surface area contributed by atoms with Crippen LogP contribution in [0.2, 0.25) is 0 Å². The Morgan fingerprint density at radius 3 is 2.48 bits per heavy atom. The molecule has 0 aliphatic carbocycles. The van der Waals surface area contributed by atoms with Crippen molar-refractivity contribution in [1.29, 1.82) is 0 Å². The van der Waals surface area contributed by atoms with E-state index in [0.29, 0.717) is 23.3 Å². The fourth-order valence-corrected chi connectivity index (χ4v) is 3.23. The first kappa shape index (κ1) is 18.6. The van der Waals surface area contributed by atoms with Gasteiger partial charge in [0.25, 0.3) is 5.91 Å². The van der Waals surface area contributed by atoms with E-state index in [1.165, 1.54) is 11.0 Å². The summed E-state index contributed by atoms with van der Waals surface area (Å²) in [4.78, 5) is 31.9. The summed E-state index contributed by atoms with van der Waals surface area (Å²) >= 11 is 0. The van der Waals surface area contributed by atoms with Crippen molar-refractivity contribution in [3.8, 4) is 0 Å². The SMILES string of the molecule is Cc1ccc2c(=O)cc(C(=O)N(Cc3ccccc3)c3ccccn3)oc2c1C. The van der Waals surface area contributed by atoms with Gasteiger partial charge in [-0.25, -0.2) is 4.98 Å². The van der Waals surface area contributed by atoms with Gasteiger partial charge in [-0.3, -0.25) is 14.5 Å². The normalized spacial score (nSPS) is 10.8. The Hall–Kier alpha value is -3.73. The molecule has 0 bridgehead atoms. The van der Waals surface area contributed by atoms with Gasteiger partial charge in [-0.1, -0.05) is 42.5 Å². The van der Waals surface area contributed by atoms with Crippen LogP contribution in [0, 0.1) is 13.8 Å². The minimum Gasteiger partial charge on any atom is -0.450 e. The summed E-state index contributed by atoms with van der Waals surface area (Å²) in [6.45, 7) is 4.14. The maximum Gasteiger partial charge on any atom is 0.295 e. The molecule has 0 aliphatic rings. The maximum atomic E-state index is 13.4. The van der Waals surface area contributed by atoms with Gasteiger partial charge in [-0.05, 0) is 48.7 Å². The Morgan fingerprint density at radius 1 is 1.00 bits per heavy atom. The average Bonchev–Trinajstić information content (AvgIpc) is 2.75. The van der Waals surface area contributed by atoms with Crippen LogP contribution in [0.25, 0.3) is 11.0 Å². The largest absolute Gasteiger partial charge is 0.450 e. The van der Waals surface area contributed by atoms with Crippen LogP contribution in [0.4, 0.5) is 5.82 Å². The molecule has 0 aliphatic heterocycles. The number of carbonyl (C=O) groups excluding carboxylic acids is 1. The first-order valence-electron chi connectivity index (χ1n) is 9.35. The van der Waals surface area contributed by atoms with Crippen molar-refractivity contribution in [3.63, 3.8) is 0 Å². The van der Waals surface area contributed by atoms with E-state index in [4.69, 9.17) is 4.42 Å². The second kappa shape index (κ2) is 7.72. The minimum absolute atomic E-state index is 0.00205. The fraction of sp³-hybridized carbons (Fsp3) is 0.125. The Labute approximate surface area is 168 Å². The van der Waals surface area contributed by atoms with Crippen molar-refractivity contribution in [2.24, 2.45) is 0 Å². The van der Waals surface area contributed by atoms with Crippen LogP contribution in [0.3, 0.4) is 0 Å². The number of rotatable bonds is 4. The van der Waals surface area contributed by atoms with Crippen LogP contribution in [-0.2, 0) is 6.54 Å². The molecule has 144 valence electrons. The van der Waals surface area contributed by atoms with E-state index in [1.54, 1.807) is 24.4 Å². The van der Waals surface area contributed by atoms with Gasteiger partial charge >= 0.3 is 0 Å². The Morgan fingerprint density at radius 2 is 1.76 bits per heavy atom. The zero-order valence-corrected chi connectivity index (χ0v) is 16.3. The molecule has 5 nitrogen and oxygen atoms in total. The Kier molecular flexibility index (Phi) is 4.96. The molecule has 1 amide bonds. The van der Waals surface area contributed by atoms with Crippen LogP contribution in [-0.4, -0.2) is 10.9 Å². The van der Waals surface area contributed by atoms with Crippen molar-refractivity contribution in [2.75, 3.05) is 4.90 Å². The third-order valence-electron chi connectivity index (χ3n) is 4.98. The number of fused-ring (bicyclic) bond motifs is 1. The van der Waals surface area contributed by atoms with Crippen molar-refractivity contribution < 1.29 is 9.21 Å². The zero-order chi connectivity index (χ0) is 20.4. The van der Waals surface area contributed by atoms with Gasteiger partial charge in [0.05, 0.1) is 11.9 Å². The number of benzene rings is 2. The van der Waals surface area contributed by atoms with E-state index in [-0.39, 0.29) is 11.2 Å². The highest BCUT2D eigenvalue weighted by molar-refractivity contribution is 6.04. The highest BCUT2D eigenvalue weighted by Gasteiger charge is 2.23. The summed E-state index contributed by atoms with van der Waals surface area (Å²) in [7, 11) is 0. The molecule has 29 heavy (non-hydrogen) atoms. The van der Waals surface area contributed by atoms with Gasteiger partial charge in [0.1, 0.15) is 11.4 Å². The van der Waals surface area contributed by atoms with Gasteiger partial charge in [0.2, 0.25) is 0 Å². The Bertz CT molecular complexity index is 1230. The maximum absolute atomic E-state index is 13.4. The van der Waals surface area contributed by atoms with Crippen LogP contribution in [0.1, 0.15) is 27.2 Å². The number of nitrogens with zero attached hydrogens (tertiary/aromatic N) is 2. The van der Waals surface area contributed by atoms with Crippen molar-refractivity contribution >= 4 is 22.7 Å². The average molecular weight is 384 g/mol. The lowest BCUT2D eigenvalue weighted by molar-refractivity contribution is 0.0958.